The summed E-state index contributed by atoms with van der Waals surface area (Å²) in [6, 6.07) is 0. The van der Waals surface area contributed by atoms with Crippen LogP contribution in [0.3, 0.4) is 0 Å². The molecule has 1 aliphatic heterocycles. The molecule has 0 saturated heterocycles. The Balaban J connectivity index is 1.92. The van der Waals surface area contributed by atoms with Gasteiger partial charge in [-0.3, -0.25) is 4.68 Å². The highest BCUT2D eigenvalue weighted by Gasteiger charge is 2.38. The average molecular weight is 234 g/mol. The molecule has 0 bridgehead atoms. The highest BCUT2D eigenvalue weighted by molar-refractivity contribution is 5.71. The van der Waals surface area contributed by atoms with Crippen LogP contribution in [0.1, 0.15) is 44.7 Å². The van der Waals surface area contributed by atoms with Crippen LogP contribution in [-0.4, -0.2) is 21.9 Å². The third-order valence-electron chi connectivity index (χ3n) is 4.15. The summed E-state index contributed by atoms with van der Waals surface area (Å²) in [7, 11) is 2.04. The lowest BCUT2D eigenvalue weighted by atomic mass is 9.95. The maximum atomic E-state index is 4.63. The molecular weight excluding hydrogens is 212 g/mol. The van der Waals surface area contributed by atoms with E-state index in [1.165, 1.54) is 42.9 Å². The summed E-state index contributed by atoms with van der Waals surface area (Å²) in [5, 5.41) is 12.0. The van der Waals surface area contributed by atoms with Crippen molar-refractivity contribution in [2.24, 2.45) is 7.05 Å². The lowest BCUT2D eigenvalue weighted by Crippen LogP contribution is -2.45. The largest absolute Gasteiger partial charge is 0.378 e. The van der Waals surface area contributed by atoms with E-state index >= 15 is 0 Å². The number of nitrogens with one attached hydrogen (secondary N) is 2. The number of fused-ring (bicyclic) bond motifs is 1. The van der Waals surface area contributed by atoms with E-state index in [0.717, 1.165) is 19.4 Å². The fourth-order valence-corrected chi connectivity index (χ4v) is 3.23. The van der Waals surface area contributed by atoms with Crippen LogP contribution in [-0.2, 0) is 13.5 Å². The Morgan fingerprint density at radius 2 is 2.12 bits per heavy atom. The molecule has 2 N–H and O–H groups in total. The van der Waals surface area contributed by atoms with E-state index in [0.29, 0.717) is 5.54 Å². The van der Waals surface area contributed by atoms with Crippen molar-refractivity contribution in [2.75, 3.05) is 17.2 Å². The van der Waals surface area contributed by atoms with Gasteiger partial charge >= 0.3 is 0 Å². The van der Waals surface area contributed by atoms with Gasteiger partial charge in [-0.1, -0.05) is 26.2 Å². The van der Waals surface area contributed by atoms with Crippen LogP contribution in [0.4, 0.5) is 11.5 Å². The molecule has 1 saturated carbocycles. The van der Waals surface area contributed by atoms with Crippen LogP contribution in [0.2, 0.25) is 0 Å². The van der Waals surface area contributed by atoms with Gasteiger partial charge in [-0.15, -0.1) is 0 Å². The van der Waals surface area contributed by atoms with Crippen molar-refractivity contribution < 1.29 is 0 Å². The number of nitrogens with zero attached hydrogens (tertiary/aromatic N) is 2. The number of aryl methyl sites for hydroxylation is 2. The van der Waals surface area contributed by atoms with Crippen molar-refractivity contribution in [3.8, 4) is 0 Å². The molecule has 1 aromatic rings. The third kappa shape index (κ3) is 1.70. The zero-order valence-corrected chi connectivity index (χ0v) is 10.8. The predicted molar refractivity (Wildman–Crippen MR) is 70.5 cm³/mol. The van der Waals surface area contributed by atoms with E-state index in [-0.39, 0.29) is 0 Å². The molecule has 0 atom stereocenters. The van der Waals surface area contributed by atoms with Crippen molar-refractivity contribution in [1.82, 2.24) is 9.78 Å². The molecular formula is C13H22N4. The van der Waals surface area contributed by atoms with Gasteiger partial charge in [0.25, 0.3) is 0 Å². The number of anilines is 2. The van der Waals surface area contributed by atoms with Gasteiger partial charge in [0.05, 0.1) is 11.2 Å². The number of hydrogen-bond acceptors (Lipinski definition) is 3. The number of rotatable bonds is 2. The van der Waals surface area contributed by atoms with Crippen LogP contribution in [0, 0.1) is 0 Å². The van der Waals surface area contributed by atoms with Crippen LogP contribution in [0.15, 0.2) is 0 Å². The van der Waals surface area contributed by atoms with Crippen molar-refractivity contribution in [2.45, 2.75) is 51.0 Å². The fraction of sp³-hybridized carbons (Fsp3) is 0.769. The second-order valence-corrected chi connectivity index (χ2v) is 5.51. The SMILES string of the molecule is CCCc1nn(C)c2c1NCC1(CCCC1)N2. The summed E-state index contributed by atoms with van der Waals surface area (Å²) in [6.45, 7) is 3.26. The minimum atomic E-state index is 0.296. The zero-order valence-electron chi connectivity index (χ0n) is 10.8. The molecule has 17 heavy (non-hydrogen) atoms. The average Bonchev–Trinajstić information content (AvgIpc) is 2.87. The minimum absolute atomic E-state index is 0.296. The number of hydrogen-bond donors (Lipinski definition) is 2. The Labute approximate surface area is 103 Å². The quantitative estimate of drug-likeness (QED) is 0.826. The summed E-state index contributed by atoms with van der Waals surface area (Å²) in [5.74, 6) is 1.20. The normalized spacial score (nSPS) is 21.1. The van der Waals surface area contributed by atoms with E-state index in [2.05, 4.69) is 22.7 Å². The lowest BCUT2D eigenvalue weighted by Gasteiger charge is -2.36. The zero-order chi connectivity index (χ0) is 11.9. The van der Waals surface area contributed by atoms with Crippen LogP contribution in [0.25, 0.3) is 0 Å². The molecule has 2 heterocycles. The minimum Gasteiger partial charge on any atom is -0.378 e. The van der Waals surface area contributed by atoms with Gasteiger partial charge in [-0.2, -0.15) is 5.10 Å². The smallest absolute Gasteiger partial charge is 0.148 e. The molecule has 1 fully saturated rings. The summed E-state index contributed by atoms with van der Waals surface area (Å²) in [5.41, 5.74) is 2.75. The molecule has 4 heteroatoms. The summed E-state index contributed by atoms with van der Waals surface area (Å²) in [4.78, 5) is 0. The molecule has 0 amide bonds. The fourth-order valence-electron chi connectivity index (χ4n) is 3.23. The molecule has 4 nitrogen and oxygen atoms in total. The van der Waals surface area contributed by atoms with Crippen molar-refractivity contribution in [3.05, 3.63) is 5.69 Å². The van der Waals surface area contributed by atoms with Crippen molar-refractivity contribution in [3.63, 3.8) is 0 Å². The van der Waals surface area contributed by atoms with E-state index in [1.807, 2.05) is 11.7 Å². The highest BCUT2D eigenvalue weighted by Crippen LogP contribution is 2.40. The molecule has 0 unspecified atom stereocenters. The van der Waals surface area contributed by atoms with Crippen LogP contribution in [0.5, 0.6) is 0 Å². The van der Waals surface area contributed by atoms with E-state index < -0.39 is 0 Å². The summed E-state index contributed by atoms with van der Waals surface area (Å²) >= 11 is 0. The van der Waals surface area contributed by atoms with Gasteiger partial charge in [0, 0.05) is 13.6 Å². The van der Waals surface area contributed by atoms with Gasteiger partial charge < -0.3 is 10.6 Å². The Kier molecular flexibility index (Phi) is 2.53. The topological polar surface area (TPSA) is 41.9 Å². The van der Waals surface area contributed by atoms with Gasteiger partial charge in [0.1, 0.15) is 11.5 Å². The third-order valence-corrected chi connectivity index (χ3v) is 4.15. The molecule has 94 valence electrons. The first-order valence-corrected chi connectivity index (χ1v) is 6.82. The molecule has 0 radical (unpaired) electrons. The molecule has 1 aliphatic carbocycles. The Hall–Kier alpha value is -1.19. The first-order valence-electron chi connectivity index (χ1n) is 6.82. The van der Waals surface area contributed by atoms with E-state index in [1.54, 1.807) is 0 Å². The monoisotopic (exact) mass is 234 g/mol. The molecule has 1 spiro atoms. The molecule has 0 aromatic carbocycles. The Morgan fingerprint density at radius 3 is 2.82 bits per heavy atom. The Morgan fingerprint density at radius 1 is 1.35 bits per heavy atom. The maximum Gasteiger partial charge on any atom is 0.148 e. The van der Waals surface area contributed by atoms with E-state index in [4.69, 9.17) is 0 Å². The maximum absolute atomic E-state index is 4.63. The molecule has 2 aliphatic rings. The second kappa shape index (κ2) is 3.93. The first-order chi connectivity index (χ1) is 8.24. The first kappa shape index (κ1) is 10.9. The van der Waals surface area contributed by atoms with Gasteiger partial charge in [0.15, 0.2) is 0 Å². The highest BCUT2D eigenvalue weighted by atomic mass is 15.4. The van der Waals surface area contributed by atoms with E-state index in [9.17, 15) is 0 Å². The molecule has 1 aromatic heterocycles. The van der Waals surface area contributed by atoms with Gasteiger partial charge in [0.2, 0.25) is 0 Å². The summed E-state index contributed by atoms with van der Waals surface area (Å²) in [6.07, 6.45) is 7.48. The van der Waals surface area contributed by atoms with Gasteiger partial charge in [-0.05, 0) is 19.3 Å². The lowest BCUT2D eigenvalue weighted by molar-refractivity contribution is 0.493. The predicted octanol–water partition coefficient (Wildman–Crippen LogP) is 2.52. The number of aromatic nitrogens is 2. The standard InChI is InChI=1S/C13H22N4/c1-3-6-10-11-12(17(2)16-10)15-13(9-14-11)7-4-5-8-13/h14-15H,3-9H2,1-2H3. The Bertz CT molecular complexity index is 415. The van der Waals surface area contributed by atoms with Gasteiger partial charge in [-0.25, -0.2) is 0 Å². The van der Waals surface area contributed by atoms with Crippen molar-refractivity contribution >= 4 is 11.5 Å². The second-order valence-electron chi connectivity index (χ2n) is 5.51. The van der Waals surface area contributed by atoms with Crippen molar-refractivity contribution in [1.29, 1.82) is 0 Å². The van der Waals surface area contributed by atoms with Crippen LogP contribution >= 0.6 is 0 Å². The molecule has 3 rings (SSSR count). The summed E-state index contributed by atoms with van der Waals surface area (Å²) < 4.78 is 2.01. The van der Waals surface area contributed by atoms with Crippen LogP contribution < -0.4 is 10.6 Å².